The van der Waals surface area contributed by atoms with Gasteiger partial charge in [0.25, 0.3) is 0 Å². The van der Waals surface area contributed by atoms with E-state index in [1.165, 1.54) is 16.9 Å². The highest BCUT2D eigenvalue weighted by Gasteiger charge is 2.22. The van der Waals surface area contributed by atoms with Crippen LogP contribution in [0.1, 0.15) is 36.7 Å². The standard InChI is InChI=1S/C19H32N8/c1-6-20-19(21-11-18-14(2)24-26(5)15(18)3)23-16-8-7-9-27(12-16)17-10-22-25(4)13-17/h10,13,16H,6-9,11-12H2,1-5H3,(H2,20,21,23). The normalized spacial score (nSPS) is 18.0. The maximum atomic E-state index is 4.82. The average molecular weight is 373 g/mol. The minimum atomic E-state index is 0.368. The highest BCUT2D eigenvalue weighted by molar-refractivity contribution is 5.80. The zero-order chi connectivity index (χ0) is 19.4. The number of aryl methyl sites for hydroxylation is 3. The van der Waals surface area contributed by atoms with E-state index in [-0.39, 0.29) is 0 Å². The Kier molecular flexibility index (Phi) is 6.03. The number of nitrogens with zero attached hydrogens (tertiary/aromatic N) is 6. The second-order valence-electron chi connectivity index (χ2n) is 7.27. The summed E-state index contributed by atoms with van der Waals surface area (Å²) in [6, 6.07) is 0.368. The molecular weight excluding hydrogens is 340 g/mol. The van der Waals surface area contributed by atoms with Crippen molar-refractivity contribution in [2.75, 3.05) is 24.5 Å². The van der Waals surface area contributed by atoms with Gasteiger partial charge in [-0.1, -0.05) is 0 Å². The number of aromatic nitrogens is 4. The third-order valence-electron chi connectivity index (χ3n) is 5.22. The predicted molar refractivity (Wildman–Crippen MR) is 109 cm³/mol. The van der Waals surface area contributed by atoms with Crippen molar-refractivity contribution in [2.45, 2.75) is 46.2 Å². The molecule has 1 fully saturated rings. The van der Waals surface area contributed by atoms with Crippen LogP contribution in [-0.2, 0) is 20.6 Å². The highest BCUT2D eigenvalue weighted by Crippen LogP contribution is 2.19. The van der Waals surface area contributed by atoms with E-state index in [0.717, 1.165) is 44.1 Å². The van der Waals surface area contributed by atoms with Crippen LogP contribution in [-0.4, -0.2) is 51.2 Å². The van der Waals surface area contributed by atoms with E-state index in [1.54, 1.807) is 0 Å². The van der Waals surface area contributed by atoms with Crippen LogP contribution in [0.2, 0.25) is 0 Å². The van der Waals surface area contributed by atoms with Crippen molar-refractivity contribution in [1.82, 2.24) is 30.2 Å². The van der Waals surface area contributed by atoms with Gasteiger partial charge in [0.2, 0.25) is 0 Å². The van der Waals surface area contributed by atoms with Gasteiger partial charge in [0, 0.05) is 57.2 Å². The Balaban J connectivity index is 1.66. The minimum absolute atomic E-state index is 0.368. The van der Waals surface area contributed by atoms with Gasteiger partial charge in [-0.25, -0.2) is 4.99 Å². The van der Waals surface area contributed by atoms with Gasteiger partial charge in [-0.05, 0) is 33.6 Å². The first-order valence-corrected chi connectivity index (χ1v) is 9.75. The number of hydrogen-bond donors (Lipinski definition) is 2. The van der Waals surface area contributed by atoms with Crippen molar-refractivity contribution in [3.8, 4) is 0 Å². The molecule has 1 aliphatic rings. The molecule has 1 aliphatic heterocycles. The molecule has 0 aromatic carbocycles. The van der Waals surface area contributed by atoms with Crippen molar-refractivity contribution < 1.29 is 0 Å². The molecule has 0 radical (unpaired) electrons. The lowest BCUT2D eigenvalue weighted by Gasteiger charge is -2.34. The van der Waals surface area contributed by atoms with E-state index in [0.29, 0.717) is 12.6 Å². The van der Waals surface area contributed by atoms with Gasteiger partial charge in [-0.2, -0.15) is 10.2 Å². The molecular formula is C19H32N8. The molecule has 2 N–H and O–H groups in total. The van der Waals surface area contributed by atoms with Gasteiger partial charge in [0.15, 0.2) is 5.96 Å². The number of rotatable bonds is 5. The molecule has 1 unspecified atom stereocenters. The quantitative estimate of drug-likeness (QED) is 0.614. The molecule has 1 atom stereocenters. The lowest BCUT2D eigenvalue weighted by atomic mass is 10.1. The van der Waals surface area contributed by atoms with Crippen LogP contribution in [0.25, 0.3) is 0 Å². The van der Waals surface area contributed by atoms with Crippen molar-refractivity contribution in [3.63, 3.8) is 0 Å². The first-order valence-electron chi connectivity index (χ1n) is 9.75. The molecule has 8 heteroatoms. The summed E-state index contributed by atoms with van der Waals surface area (Å²) < 4.78 is 3.78. The van der Waals surface area contributed by atoms with Crippen LogP contribution in [0, 0.1) is 13.8 Å². The number of nitrogens with one attached hydrogen (secondary N) is 2. The smallest absolute Gasteiger partial charge is 0.191 e. The number of anilines is 1. The van der Waals surface area contributed by atoms with Crippen molar-refractivity contribution in [2.24, 2.45) is 19.1 Å². The Hall–Kier alpha value is -2.51. The largest absolute Gasteiger partial charge is 0.367 e. The molecule has 0 bridgehead atoms. The first kappa shape index (κ1) is 19.3. The molecule has 3 rings (SSSR count). The Morgan fingerprint density at radius 1 is 1.33 bits per heavy atom. The lowest BCUT2D eigenvalue weighted by Crippen LogP contribution is -2.51. The van der Waals surface area contributed by atoms with Gasteiger partial charge >= 0.3 is 0 Å². The zero-order valence-corrected chi connectivity index (χ0v) is 17.2. The van der Waals surface area contributed by atoms with Crippen molar-refractivity contribution >= 4 is 11.6 Å². The molecule has 27 heavy (non-hydrogen) atoms. The van der Waals surface area contributed by atoms with Crippen LogP contribution in [0.4, 0.5) is 5.69 Å². The molecule has 148 valence electrons. The number of guanidine groups is 1. The summed E-state index contributed by atoms with van der Waals surface area (Å²) in [4.78, 5) is 7.22. The Labute approximate surface area is 161 Å². The molecule has 0 saturated carbocycles. The Morgan fingerprint density at radius 2 is 2.15 bits per heavy atom. The monoisotopic (exact) mass is 372 g/mol. The SMILES string of the molecule is CCNC(=NCc1c(C)nn(C)c1C)NC1CCCN(c2cnn(C)c2)C1. The van der Waals surface area contributed by atoms with E-state index in [9.17, 15) is 0 Å². The zero-order valence-electron chi connectivity index (χ0n) is 17.2. The van der Waals surface area contributed by atoms with Gasteiger partial charge in [0.1, 0.15) is 0 Å². The number of hydrogen-bond acceptors (Lipinski definition) is 4. The molecule has 1 saturated heterocycles. The van der Waals surface area contributed by atoms with Crippen LogP contribution < -0.4 is 15.5 Å². The number of aliphatic imine (C=N–C) groups is 1. The van der Waals surface area contributed by atoms with E-state index < -0.39 is 0 Å². The van der Waals surface area contributed by atoms with Gasteiger partial charge in [-0.3, -0.25) is 9.36 Å². The summed E-state index contributed by atoms with van der Waals surface area (Å²) in [5.74, 6) is 0.873. The summed E-state index contributed by atoms with van der Waals surface area (Å²) in [6.45, 7) is 9.76. The van der Waals surface area contributed by atoms with Crippen molar-refractivity contribution in [1.29, 1.82) is 0 Å². The summed E-state index contributed by atoms with van der Waals surface area (Å²) in [7, 11) is 3.94. The molecule has 8 nitrogen and oxygen atoms in total. The second-order valence-corrected chi connectivity index (χ2v) is 7.27. The summed E-state index contributed by atoms with van der Waals surface area (Å²) in [5.41, 5.74) is 4.62. The second kappa shape index (κ2) is 8.45. The fraction of sp³-hybridized carbons (Fsp3) is 0.632. The minimum Gasteiger partial charge on any atom is -0.367 e. The number of piperidine rings is 1. The molecule has 0 spiro atoms. The Bertz CT molecular complexity index is 788. The third-order valence-corrected chi connectivity index (χ3v) is 5.22. The van der Waals surface area contributed by atoms with Crippen LogP contribution in [0.5, 0.6) is 0 Å². The molecule has 2 aromatic heterocycles. The lowest BCUT2D eigenvalue weighted by molar-refractivity contribution is 0.468. The first-order chi connectivity index (χ1) is 13.0. The summed E-state index contributed by atoms with van der Waals surface area (Å²) >= 11 is 0. The fourth-order valence-corrected chi connectivity index (χ4v) is 3.62. The van der Waals surface area contributed by atoms with E-state index in [1.807, 2.05) is 36.6 Å². The summed E-state index contributed by atoms with van der Waals surface area (Å²) in [5, 5.41) is 15.8. The molecule has 3 heterocycles. The average Bonchev–Trinajstić information content (AvgIpc) is 3.17. The van der Waals surface area contributed by atoms with Crippen LogP contribution >= 0.6 is 0 Å². The maximum Gasteiger partial charge on any atom is 0.191 e. The van der Waals surface area contributed by atoms with Crippen LogP contribution in [0.15, 0.2) is 17.4 Å². The topological polar surface area (TPSA) is 75.3 Å². The van der Waals surface area contributed by atoms with E-state index in [4.69, 9.17) is 4.99 Å². The summed E-state index contributed by atoms with van der Waals surface area (Å²) in [6.07, 6.45) is 6.32. The molecule has 2 aromatic rings. The van der Waals surface area contributed by atoms with Gasteiger partial charge < -0.3 is 15.5 Å². The fourth-order valence-electron chi connectivity index (χ4n) is 3.62. The molecule has 0 aliphatic carbocycles. The maximum absolute atomic E-state index is 4.82. The predicted octanol–water partition coefficient (Wildman–Crippen LogP) is 1.49. The van der Waals surface area contributed by atoms with Crippen LogP contribution in [0.3, 0.4) is 0 Å². The van der Waals surface area contributed by atoms with E-state index >= 15 is 0 Å². The van der Waals surface area contributed by atoms with Gasteiger partial charge in [0.05, 0.1) is 24.1 Å². The van der Waals surface area contributed by atoms with Gasteiger partial charge in [-0.15, -0.1) is 0 Å². The Morgan fingerprint density at radius 3 is 2.78 bits per heavy atom. The third kappa shape index (κ3) is 4.61. The molecule has 0 amide bonds. The highest BCUT2D eigenvalue weighted by atomic mass is 15.3. The van der Waals surface area contributed by atoms with E-state index in [2.05, 4.69) is 45.8 Å². The van der Waals surface area contributed by atoms with Crippen molar-refractivity contribution in [3.05, 3.63) is 29.3 Å².